The van der Waals surface area contributed by atoms with Crippen molar-refractivity contribution in [1.29, 1.82) is 0 Å². The summed E-state index contributed by atoms with van der Waals surface area (Å²) in [5.74, 6) is -0.872. The molecule has 0 spiro atoms. The molecule has 1 atom stereocenters. The van der Waals surface area contributed by atoms with Crippen molar-refractivity contribution in [3.63, 3.8) is 0 Å². The molecule has 11 heteroatoms. The maximum Gasteiger partial charge on any atom is 0.406 e. The normalized spacial score (nSPS) is 15.9. The first-order valence-electron chi connectivity index (χ1n) is 11.4. The molecular weight excluding hydrogens is 490 g/mol. The van der Waals surface area contributed by atoms with Crippen molar-refractivity contribution in [1.82, 2.24) is 20.0 Å². The van der Waals surface area contributed by atoms with Gasteiger partial charge in [-0.2, -0.15) is 17.6 Å². The Kier molecular flexibility index (Phi) is 6.36. The molecule has 3 heterocycles. The Morgan fingerprint density at radius 2 is 1.89 bits per heavy atom. The van der Waals surface area contributed by atoms with Crippen LogP contribution in [0.3, 0.4) is 0 Å². The molecule has 7 nitrogen and oxygen atoms in total. The molecule has 2 aromatic heterocycles. The number of pyridine rings is 1. The number of methoxy groups -OCH3 is 1. The smallest absolute Gasteiger partial charge is 0.406 e. The molecule has 1 amide bonds. The molecule has 0 N–H and O–H groups in total. The predicted octanol–water partition coefficient (Wildman–Crippen LogP) is 5.24. The van der Waals surface area contributed by atoms with E-state index < -0.39 is 30.6 Å². The number of alkyl halides is 3. The molecule has 37 heavy (non-hydrogen) atoms. The number of carbonyl (C=O) groups is 1. The molecule has 0 saturated heterocycles. The van der Waals surface area contributed by atoms with Gasteiger partial charge in [0.25, 0.3) is 5.91 Å². The number of hydrogen-bond donors (Lipinski definition) is 0. The van der Waals surface area contributed by atoms with Crippen LogP contribution in [-0.2, 0) is 11.2 Å². The van der Waals surface area contributed by atoms with Crippen molar-refractivity contribution in [3.8, 4) is 28.1 Å². The van der Waals surface area contributed by atoms with Crippen LogP contribution in [0, 0.1) is 5.95 Å². The summed E-state index contributed by atoms with van der Waals surface area (Å²) in [7, 11) is 1.48. The number of aryl methyl sites for hydroxylation is 1. The van der Waals surface area contributed by atoms with E-state index in [2.05, 4.69) is 15.3 Å². The lowest BCUT2D eigenvalue weighted by atomic mass is 10.0. The number of nitrogens with zero attached hydrogens (tertiary/aromatic N) is 5. The van der Waals surface area contributed by atoms with Gasteiger partial charge in [-0.15, -0.1) is 5.10 Å². The van der Waals surface area contributed by atoms with E-state index in [1.807, 2.05) is 0 Å². The van der Waals surface area contributed by atoms with E-state index in [1.54, 1.807) is 42.5 Å². The van der Waals surface area contributed by atoms with Gasteiger partial charge in [0.2, 0.25) is 5.95 Å². The number of carbonyl (C=O) groups excluding carboxylic acids is 1. The Morgan fingerprint density at radius 1 is 1.08 bits per heavy atom. The van der Waals surface area contributed by atoms with Gasteiger partial charge in [0.15, 0.2) is 0 Å². The summed E-state index contributed by atoms with van der Waals surface area (Å²) in [6.45, 7) is -1.39. The van der Waals surface area contributed by atoms with Gasteiger partial charge in [-0.25, -0.2) is 9.67 Å². The minimum absolute atomic E-state index is 0.250. The standard InChI is InChI=1S/C26H21F4N5O2/c1-37-23-12-18(6-8-19(23)17-10-11-31-24(27)13-17)20-14-35(33-32-20)22-9-7-16-4-2-3-5-21(16)34(25(22)36)15-26(28,29)30/h2-6,8,10-14,22H,7,9,15H2,1H3. The molecule has 1 aliphatic rings. The van der Waals surface area contributed by atoms with Crippen molar-refractivity contribution in [2.45, 2.75) is 25.1 Å². The average Bonchev–Trinajstić information content (AvgIpc) is 3.32. The van der Waals surface area contributed by atoms with Crippen LogP contribution in [0.25, 0.3) is 22.4 Å². The van der Waals surface area contributed by atoms with Crippen LogP contribution in [0.15, 0.2) is 67.0 Å². The number of ether oxygens (including phenoxy) is 1. The quantitative estimate of drug-likeness (QED) is 0.271. The van der Waals surface area contributed by atoms with Gasteiger partial charge in [0.1, 0.15) is 24.0 Å². The second-order valence-electron chi connectivity index (χ2n) is 8.59. The van der Waals surface area contributed by atoms with E-state index >= 15 is 0 Å². The molecule has 190 valence electrons. The molecule has 1 aliphatic heterocycles. The van der Waals surface area contributed by atoms with Crippen LogP contribution < -0.4 is 9.64 Å². The van der Waals surface area contributed by atoms with Gasteiger partial charge in [-0.05, 0) is 48.2 Å². The molecule has 0 bridgehead atoms. The third-order valence-corrected chi connectivity index (χ3v) is 6.22. The summed E-state index contributed by atoms with van der Waals surface area (Å²) < 4.78 is 60.6. The van der Waals surface area contributed by atoms with Crippen LogP contribution in [-0.4, -0.2) is 45.7 Å². The fourth-order valence-electron chi connectivity index (χ4n) is 4.51. The maximum absolute atomic E-state index is 13.6. The van der Waals surface area contributed by atoms with Gasteiger partial charge in [-0.1, -0.05) is 29.5 Å². The number of hydrogen-bond acceptors (Lipinski definition) is 5. The third kappa shape index (κ3) is 5.02. The minimum Gasteiger partial charge on any atom is -0.496 e. The van der Waals surface area contributed by atoms with Crippen LogP contribution in [0.4, 0.5) is 23.2 Å². The van der Waals surface area contributed by atoms with E-state index in [4.69, 9.17) is 4.74 Å². The van der Waals surface area contributed by atoms with Gasteiger partial charge >= 0.3 is 6.18 Å². The molecule has 0 saturated carbocycles. The second kappa shape index (κ2) is 9.64. The van der Waals surface area contributed by atoms with Crippen LogP contribution in [0.2, 0.25) is 0 Å². The fraction of sp³-hybridized carbons (Fsp3) is 0.231. The monoisotopic (exact) mass is 511 g/mol. The van der Waals surface area contributed by atoms with Gasteiger partial charge in [0, 0.05) is 29.1 Å². The first-order chi connectivity index (χ1) is 17.7. The predicted molar refractivity (Wildman–Crippen MR) is 127 cm³/mol. The summed E-state index contributed by atoms with van der Waals surface area (Å²) in [5.41, 5.74) is 3.14. The molecule has 0 aliphatic carbocycles. The molecule has 0 fully saturated rings. The first-order valence-corrected chi connectivity index (χ1v) is 11.4. The summed E-state index contributed by atoms with van der Waals surface area (Å²) in [6.07, 6.45) is -1.01. The molecule has 2 aromatic carbocycles. The van der Waals surface area contributed by atoms with Crippen molar-refractivity contribution in [3.05, 3.63) is 78.5 Å². The number of aromatic nitrogens is 4. The van der Waals surface area contributed by atoms with Crippen molar-refractivity contribution < 1.29 is 27.1 Å². The zero-order chi connectivity index (χ0) is 26.2. The van der Waals surface area contributed by atoms with E-state index in [0.29, 0.717) is 40.1 Å². The zero-order valence-electron chi connectivity index (χ0n) is 19.6. The zero-order valence-corrected chi connectivity index (χ0v) is 19.6. The average molecular weight is 511 g/mol. The maximum atomic E-state index is 13.6. The Bertz CT molecular complexity index is 1450. The SMILES string of the molecule is COc1cc(-c2cn(C3CCc4ccccc4N(CC(F)(F)F)C3=O)nn2)ccc1-c1ccnc(F)c1. The lowest BCUT2D eigenvalue weighted by Gasteiger charge is -2.26. The van der Waals surface area contributed by atoms with Gasteiger partial charge in [0.05, 0.1) is 13.3 Å². The van der Waals surface area contributed by atoms with Crippen LogP contribution >= 0.6 is 0 Å². The first kappa shape index (κ1) is 24.4. The largest absolute Gasteiger partial charge is 0.496 e. The highest BCUT2D eigenvalue weighted by Crippen LogP contribution is 2.36. The number of anilines is 1. The third-order valence-electron chi connectivity index (χ3n) is 6.22. The van der Waals surface area contributed by atoms with Crippen molar-refractivity contribution in [2.24, 2.45) is 0 Å². The lowest BCUT2D eigenvalue weighted by molar-refractivity contribution is -0.134. The van der Waals surface area contributed by atoms with Gasteiger partial charge in [-0.3, -0.25) is 4.79 Å². The number of amides is 1. The lowest BCUT2D eigenvalue weighted by Crippen LogP contribution is -2.42. The second-order valence-corrected chi connectivity index (χ2v) is 8.59. The number of rotatable bonds is 5. The summed E-state index contributed by atoms with van der Waals surface area (Å²) in [5, 5.41) is 8.25. The van der Waals surface area contributed by atoms with Crippen molar-refractivity contribution >= 4 is 11.6 Å². The molecule has 5 rings (SSSR count). The number of halogens is 4. The van der Waals surface area contributed by atoms with Gasteiger partial charge < -0.3 is 9.64 Å². The molecule has 0 radical (unpaired) electrons. The van der Waals surface area contributed by atoms with E-state index in [0.717, 1.165) is 4.90 Å². The van der Waals surface area contributed by atoms with Crippen LogP contribution in [0.1, 0.15) is 18.0 Å². The Hall–Kier alpha value is -4.28. The molecular formula is C26H21F4N5O2. The fourth-order valence-corrected chi connectivity index (χ4v) is 4.51. The highest BCUT2D eigenvalue weighted by Gasteiger charge is 2.39. The topological polar surface area (TPSA) is 73.1 Å². The van der Waals surface area contributed by atoms with E-state index in [9.17, 15) is 22.4 Å². The van der Waals surface area contributed by atoms with E-state index in [1.165, 1.54) is 36.3 Å². The molecule has 1 unspecified atom stereocenters. The van der Waals surface area contributed by atoms with Crippen molar-refractivity contribution in [2.75, 3.05) is 18.6 Å². The Labute approximate surface area is 209 Å². The Balaban J connectivity index is 1.46. The highest BCUT2D eigenvalue weighted by atomic mass is 19.4. The highest BCUT2D eigenvalue weighted by molar-refractivity contribution is 5.97. The summed E-state index contributed by atoms with van der Waals surface area (Å²) in [6, 6.07) is 13.8. The summed E-state index contributed by atoms with van der Waals surface area (Å²) >= 11 is 0. The number of para-hydroxylation sites is 1. The Morgan fingerprint density at radius 3 is 2.65 bits per heavy atom. The number of fused-ring (bicyclic) bond motifs is 1. The van der Waals surface area contributed by atoms with Crippen LogP contribution in [0.5, 0.6) is 5.75 Å². The number of benzene rings is 2. The minimum atomic E-state index is -4.57. The van der Waals surface area contributed by atoms with E-state index in [-0.39, 0.29) is 12.1 Å². The molecule has 4 aromatic rings. The summed E-state index contributed by atoms with van der Waals surface area (Å²) in [4.78, 5) is 17.7.